The summed E-state index contributed by atoms with van der Waals surface area (Å²) in [5.41, 5.74) is 1.21. The molecular weight excluding hydrogens is 202 g/mol. The Kier molecular flexibility index (Phi) is 3.77. The predicted molar refractivity (Wildman–Crippen MR) is 62.0 cm³/mol. The molecule has 0 aliphatic rings. The van der Waals surface area contributed by atoms with Crippen LogP contribution in [0.1, 0.15) is 24.7 Å². The van der Waals surface area contributed by atoms with Crippen molar-refractivity contribution >= 4 is 0 Å². The van der Waals surface area contributed by atoms with Crippen molar-refractivity contribution in [3.8, 4) is 0 Å². The zero-order valence-electron chi connectivity index (χ0n) is 9.52. The second kappa shape index (κ2) is 5.51. The minimum atomic E-state index is 0.698. The van der Waals surface area contributed by atoms with Gasteiger partial charge in [0.1, 0.15) is 5.76 Å². The van der Waals surface area contributed by atoms with Gasteiger partial charge in [-0.05, 0) is 25.1 Å². The van der Waals surface area contributed by atoms with Gasteiger partial charge in [0.2, 0.25) is 0 Å². The highest BCUT2D eigenvalue weighted by molar-refractivity contribution is 5.17. The van der Waals surface area contributed by atoms with Gasteiger partial charge in [0.05, 0.1) is 12.8 Å². The van der Waals surface area contributed by atoms with E-state index in [1.807, 2.05) is 23.0 Å². The van der Waals surface area contributed by atoms with Crippen LogP contribution in [0.2, 0.25) is 0 Å². The monoisotopic (exact) mass is 219 g/mol. The van der Waals surface area contributed by atoms with Gasteiger partial charge in [-0.1, -0.05) is 6.92 Å². The summed E-state index contributed by atoms with van der Waals surface area (Å²) in [5, 5.41) is 7.53. The van der Waals surface area contributed by atoms with Gasteiger partial charge in [-0.25, -0.2) is 0 Å². The van der Waals surface area contributed by atoms with Crippen molar-refractivity contribution in [2.75, 3.05) is 6.54 Å². The van der Waals surface area contributed by atoms with Crippen LogP contribution in [0.25, 0.3) is 0 Å². The van der Waals surface area contributed by atoms with E-state index in [1.165, 1.54) is 5.56 Å². The first kappa shape index (κ1) is 11.0. The third-order valence-electron chi connectivity index (χ3n) is 2.44. The molecule has 0 spiro atoms. The van der Waals surface area contributed by atoms with Crippen LogP contribution >= 0.6 is 0 Å². The Morgan fingerprint density at radius 2 is 2.44 bits per heavy atom. The Bertz CT molecular complexity index is 406. The molecule has 0 aliphatic carbocycles. The molecule has 2 heterocycles. The molecule has 0 aromatic carbocycles. The van der Waals surface area contributed by atoms with Crippen molar-refractivity contribution in [1.29, 1.82) is 0 Å². The fraction of sp³-hybridized carbons (Fsp3) is 0.417. The van der Waals surface area contributed by atoms with E-state index in [2.05, 4.69) is 17.3 Å². The van der Waals surface area contributed by atoms with Crippen molar-refractivity contribution in [1.82, 2.24) is 15.1 Å². The second-order valence-electron chi connectivity index (χ2n) is 3.75. The minimum Gasteiger partial charge on any atom is -0.467 e. The first-order valence-electron chi connectivity index (χ1n) is 5.63. The average Bonchev–Trinajstić information content (AvgIpc) is 2.92. The molecule has 0 amide bonds. The zero-order chi connectivity index (χ0) is 11.2. The fourth-order valence-corrected chi connectivity index (χ4v) is 1.60. The summed E-state index contributed by atoms with van der Waals surface area (Å²) in [7, 11) is 0. The van der Waals surface area contributed by atoms with Crippen LogP contribution < -0.4 is 5.32 Å². The van der Waals surface area contributed by atoms with E-state index in [4.69, 9.17) is 4.42 Å². The largest absolute Gasteiger partial charge is 0.467 e. The van der Waals surface area contributed by atoms with Gasteiger partial charge in [-0.15, -0.1) is 0 Å². The van der Waals surface area contributed by atoms with Crippen molar-refractivity contribution in [3.63, 3.8) is 0 Å². The molecule has 0 atom stereocenters. The first-order chi connectivity index (χ1) is 7.90. The Hall–Kier alpha value is -1.55. The van der Waals surface area contributed by atoms with Crippen LogP contribution in [0.3, 0.4) is 0 Å². The summed E-state index contributed by atoms with van der Waals surface area (Å²) in [6.07, 6.45) is 6.60. The molecule has 86 valence electrons. The van der Waals surface area contributed by atoms with E-state index in [9.17, 15) is 0 Å². The smallest absolute Gasteiger partial charge is 0.129 e. The van der Waals surface area contributed by atoms with Crippen LogP contribution in [0.15, 0.2) is 35.2 Å². The van der Waals surface area contributed by atoms with Crippen LogP contribution in [0, 0.1) is 0 Å². The Labute approximate surface area is 95.3 Å². The maximum atomic E-state index is 5.47. The molecule has 0 unspecified atom stereocenters. The van der Waals surface area contributed by atoms with Gasteiger partial charge in [0.15, 0.2) is 0 Å². The average molecular weight is 219 g/mol. The Balaban J connectivity index is 1.96. The first-order valence-corrected chi connectivity index (χ1v) is 5.63. The lowest BCUT2D eigenvalue weighted by molar-refractivity contribution is 0.472. The van der Waals surface area contributed by atoms with Gasteiger partial charge in [0.25, 0.3) is 0 Å². The summed E-state index contributed by atoms with van der Waals surface area (Å²) >= 11 is 0. The van der Waals surface area contributed by atoms with Crippen molar-refractivity contribution in [3.05, 3.63) is 42.1 Å². The van der Waals surface area contributed by atoms with Gasteiger partial charge in [0, 0.05) is 24.5 Å². The fourth-order valence-electron chi connectivity index (χ4n) is 1.60. The quantitative estimate of drug-likeness (QED) is 0.756. The lowest BCUT2D eigenvalue weighted by Gasteiger charge is -2.04. The van der Waals surface area contributed by atoms with Gasteiger partial charge >= 0.3 is 0 Å². The lowest BCUT2D eigenvalue weighted by Crippen LogP contribution is -2.15. The molecule has 0 bridgehead atoms. The number of hydrogen-bond acceptors (Lipinski definition) is 3. The number of nitrogens with zero attached hydrogens (tertiary/aromatic N) is 2. The molecule has 4 heteroatoms. The highest BCUT2D eigenvalue weighted by Crippen LogP contribution is 2.11. The third-order valence-corrected chi connectivity index (χ3v) is 2.44. The summed E-state index contributed by atoms with van der Waals surface area (Å²) < 4.78 is 7.33. The number of furan rings is 1. The normalized spacial score (nSPS) is 10.8. The molecule has 0 saturated heterocycles. The molecule has 2 aromatic rings. The highest BCUT2D eigenvalue weighted by atomic mass is 16.3. The maximum absolute atomic E-state index is 5.47. The van der Waals surface area contributed by atoms with Crippen LogP contribution in [0.5, 0.6) is 0 Å². The number of nitrogens with one attached hydrogen (secondary N) is 1. The molecule has 2 aromatic heterocycles. The van der Waals surface area contributed by atoms with E-state index in [0.29, 0.717) is 6.54 Å². The summed E-state index contributed by atoms with van der Waals surface area (Å²) in [4.78, 5) is 0. The van der Waals surface area contributed by atoms with E-state index in [0.717, 1.165) is 25.3 Å². The lowest BCUT2D eigenvalue weighted by atomic mass is 10.2. The van der Waals surface area contributed by atoms with E-state index >= 15 is 0 Å². The SMILES string of the molecule is CCCNCc1ccoc1Cn1cccn1. The van der Waals surface area contributed by atoms with E-state index < -0.39 is 0 Å². The van der Waals surface area contributed by atoms with Crippen molar-refractivity contribution in [2.24, 2.45) is 0 Å². The zero-order valence-corrected chi connectivity index (χ0v) is 9.52. The molecule has 4 nitrogen and oxygen atoms in total. The molecule has 1 N–H and O–H groups in total. The Morgan fingerprint density at radius 3 is 3.19 bits per heavy atom. The number of hydrogen-bond donors (Lipinski definition) is 1. The Morgan fingerprint density at radius 1 is 1.50 bits per heavy atom. The summed E-state index contributed by atoms with van der Waals surface area (Å²) in [6, 6.07) is 3.93. The van der Waals surface area contributed by atoms with Gasteiger partial charge in [-0.2, -0.15) is 5.10 Å². The standard InChI is InChI=1S/C12H17N3O/c1-2-5-13-9-11-4-8-16-12(11)10-15-7-3-6-14-15/h3-4,6-8,13H,2,5,9-10H2,1H3. The molecule has 0 fully saturated rings. The maximum Gasteiger partial charge on any atom is 0.129 e. The van der Waals surface area contributed by atoms with Crippen LogP contribution in [-0.2, 0) is 13.1 Å². The summed E-state index contributed by atoms with van der Waals surface area (Å²) in [6.45, 7) is 4.75. The predicted octanol–water partition coefficient (Wildman–Crippen LogP) is 2.02. The highest BCUT2D eigenvalue weighted by Gasteiger charge is 2.06. The van der Waals surface area contributed by atoms with Crippen LogP contribution in [-0.4, -0.2) is 16.3 Å². The van der Waals surface area contributed by atoms with Crippen LogP contribution in [0.4, 0.5) is 0 Å². The van der Waals surface area contributed by atoms with Gasteiger partial charge in [-0.3, -0.25) is 4.68 Å². The molecule has 0 radical (unpaired) electrons. The third kappa shape index (κ3) is 2.73. The van der Waals surface area contributed by atoms with E-state index in [-0.39, 0.29) is 0 Å². The number of rotatable bonds is 6. The van der Waals surface area contributed by atoms with E-state index in [1.54, 1.807) is 12.5 Å². The molecular formula is C12H17N3O. The van der Waals surface area contributed by atoms with Crippen molar-refractivity contribution < 1.29 is 4.42 Å². The molecule has 16 heavy (non-hydrogen) atoms. The topological polar surface area (TPSA) is 43.0 Å². The molecule has 0 saturated carbocycles. The molecule has 0 aliphatic heterocycles. The summed E-state index contributed by atoms with van der Waals surface area (Å²) in [5.74, 6) is 0.979. The second-order valence-corrected chi connectivity index (χ2v) is 3.75. The molecule has 2 rings (SSSR count). The minimum absolute atomic E-state index is 0.698. The van der Waals surface area contributed by atoms with Gasteiger partial charge < -0.3 is 9.73 Å². The number of aromatic nitrogens is 2. The van der Waals surface area contributed by atoms with Crippen molar-refractivity contribution in [2.45, 2.75) is 26.4 Å².